The van der Waals surface area contributed by atoms with Crippen LogP contribution in [-0.2, 0) is 0 Å². The number of halogens is 1. The molecule has 0 saturated heterocycles. The highest BCUT2D eigenvalue weighted by molar-refractivity contribution is 9.10. The first-order valence-corrected chi connectivity index (χ1v) is 9.84. The maximum Gasteiger partial charge on any atom is 0.335 e. The van der Waals surface area contributed by atoms with Crippen LogP contribution in [0.1, 0.15) is 10.4 Å². The maximum atomic E-state index is 11.1. The van der Waals surface area contributed by atoms with Crippen molar-refractivity contribution in [2.24, 2.45) is 0 Å². The first kappa shape index (κ1) is 18.3. The third-order valence-corrected chi connectivity index (χ3v) is 5.71. The molecule has 7 nitrogen and oxygen atoms in total. The Labute approximate surface area is 179 Å². The molecule has 3 heterocycles. The lowest BCUT2D eigenvalue weighted by Gasteiger charge is -2.10. The minimum absolute atomic E-state index is 0.205. The van der Waals surface area contributed by atoms with E-state index in [-0.39, 0.29) is 5.56 Å². The number of carboxylic acid groups (broad SMARTS) is 1. The lowest BCUT2D eigenvalue weighted by atomic mass is 10.1. The zero-order valence-corrected chi connectivity index (χ0v) is 17.0. The van der Waals surface area contributed by atoms with Crippen LogP contribution in [0.4, 0.5) is 5.82 Å². The molecule has 0 radical (unpaired) electrons. The highest BCUT2D eigenvalue weighted by atomic mass is 79.9. The number of hydrogen-bond donors (Lipinski definition) is 2. The number of nitrogens with two attached hydrogens (primary N) is 1. The number of rotatable bonds is 3. The van der Waals surface area contributed by atoms with E-state index in [9.17, 15) is 4.79 Å². The van der Waals surface area contributed by atoms with Crippen molar-refractivity contribution in [1.82, 2.24) is 19.6 Å². The predicted molar refractivity (Wildman–Crippen MR) is 118 cm³/mol. The maximum absolute atomic E-state index is 11.1. The molecule has 0 saturated carbocycles. The monoisotopic (exact) mass is 459 g/mol. The Morgan fingerprint density at radius 1 is 1.03 bits per heavy atom. The van der Waals surface area contributed by atoms with Crippen molar-refractivity contribution in [3.8, 4) is 22.4 Å². The van der Waals surface area contributed by atoms with E-state index in [4.69, 9.17) is 15.8 Å². The van der Waals surface area contributed by atoms with Crippen LogP contribution in [0.2, 0.25) is 0 Å². The molecule has 3 N–H and O–H groups in total. The molecule has 0 atom stereocenters. The molecule has 3 aromatic heterocycles. The van der Waals surface area contributed by atoms with Gasteiger partial charge in [-0.05, 0) is 40.2 Å². The highest BCUT2D eigenvalue weighted by Crippen LogP contribution is 2.35. The van der Waals surface area contributed by atoms with Crippen molar-refractivity contribution in [2.45, 2.75) is 0 Å². The Morgan fingerprint density at radius 2 is 1.80 bits per heavy atom. The summed E-state index contributed by atoms with van der Waals surface area (Å²) in [5.41, 5.74) is 11.0. The lowest BCUT2D eigenvalue weighted by Crippen LogP contribution is -2.04. The van der Waals surface area contributed by atoms with Gasteiger partial charge >= 0.3 is 5.97 Å². The van der Waals surface area contributed by atoms with E-state index >= 15 is 0 Å². The van der Waals surface area contributed by atoms with Gasteiger partial charge in [0, 0.05) is 28.3 Å². The normalized spacial score (nSPS) is 11.2. The quantitative estimate of drug-likeness (QED) is 0.406. The molecular weight excluding hydrogens is 446 g/mol. The van der Waals surface area contributed by atoms with Gasteiger partial charge in [-0.25, -0.2) is 9.78 Å². The average molecular weight is 460 g/mol. The summed E-state index contributed by atoms with van der Waals surface area (Å²) >= 11 is 3.51. The van der Waals surface area contributed by atoms with Crippen LogP contribution >= 0.6 is 15.9 Å². The molecule has 0 spiro atoms. The summed E-state index contributed by atoms with van der Waals surface area (Å²) < 4.78 is 2.16. The molecule has 0 amide bonds. The second kappa shape index (κ2) is 6.93. The number of nitrogens with zero attached hydrogens (tertiary/aromatic N) is 4. The predicted octanol–water partition coefficient (Wildman–Crippen LogP) is 4.65. The van der Waals surface area contributed by atoms with Gasteiger partial charge in [-0.3, -0.25) is 4.98 Å². The van der Waals surface area contributed by atoms with E-state index in [1.807, 2.05) is 30.3 Å². The number of fused-ring (bicyclic) bond motifs is 2. The molecule has 146 valence electrons. The van der Waals surface area contributed by atoms with Gasteiger partial charge in [-0.2, -0.15) is 9.61 Å². The second-order valence-corrected chi connectivity index (χ2v) is 7.55. The summed E-state index contributed by atoms with van der Waals surface area (Å²) in [6, 6.07) is 16.4. The van der Waals surface area contributed by atoms with Gasteiger partial charge < -0.3 is 10.8 Å². The van der Waals surface area contributed by atoms with Gasteiger partial charge in [0.05, 0.1) is 27.4 Å². The smallest absolute Gasteiger partial charge is 0.335 e. The summed E-state index contributed by atoms with van der Waals surface area (Å²) in [7, 11) is 0. The zero-order chi connectivity index (χ0) is 20.8. The minimum Gasteiger partial charge on any atom is -0.478 e. The van der Waals surface area contributed by atoms with Gasteiger partial charge in [0.2, 0.25) is 0 Å². The van der Waals surface area contributed by atoms with Crippen molar-refractivity contribution in [2.75, 3.05) is 5.73 Å². The summed E-state index contributed by atoms with van der Waals surface area (Å²) in [6.45, 7) is 0. The van der Waals surface area contributed by atoms with Crippen LogP contribution in [0.3, 0.4) is 0 Å². The Hall–Kier alpha value is -3.78. The highest BCUT2D eigenvalue weighted by Gasteiger charge is 2.18. The van der Waals surface area contributed by atoms with Gasteiger partial charge in [0.1, 0.15) is 5.82 Å². The molecular formula is C22H14BrN5O2. The van der Waals surface area contributed by atoms with Gasteiger partial charge in [-0.15, -0.1) is 0 Å². The van der Waals surface area contributed by atoms with Crippen molar-refractivity contribution >= 4 is 44.3 Å². The number of aromatic nitrogens is 4. The van der Waals surface area contributed by atoms with Crippen molar-refractivity contribution in [3.63, 3.8) is 0 Å². The third-order valence-electron chi connectivity index (χ3n) is 4.93. The van der Waals surface area contributed by atoms with Crippen molar-refractivity contribution in [3.05, 3.63) is 77.0 Å². The molecule has 2 aromatic carbocycles. The van der Waals surface area contributed by atoms with Crippen LogP contribution < -0.4 is 5.73 Å². The number of hydrogen-bond acceptors (Lipinski definition) is 5. The van der Waals surface area contributed by atoms with Crippen LogP contribution in [-0.4, -0.2) is 30.7 Å². The molecule has 0 aliphatic heterocycles. The molecule has 0 aliphatic rings. The SMILES string of the molecule is Nc1c(Br)c(-c2ccc(C(=O)O)cc2)nc2c(-c3cnc4ccccc4c3)cnn12. The number of aromatic carboxylic acids is 1. The number of benzene rings is 2. The lowest BCUT2D eigenvalue weighted by molar-refractivity contribution is 0.0697. The largest absolute Gasteiger partial charge is 0.478 e. The second-order valence-electron chi connectivity index (χ2n) is 6.75. The topological polar surface area (TPSA) is 106 Å². The minimum atomic E-state index is -0.981. The fraction of sp³-hybridized carbons (Fsp3) is 0. The van der Waals surface area contributed by atoms with Gasteiger partial charge in [-0.1, -0.05) is 30.3 Å². The first-order valence-electron chi connectivity index (χ1n) is 9.04. The Balaban J connectivity index is 1.70. The van der Waals surface area contributed by atoms with Crippen LogP contribution in [0.5, 0.6) is 0 Å². The van der Waals surface area contributed by atoms with Gasteiger partial charge in [0.25, 0.3) is 0 Å². The van der Waals surface area contributed by atoms with E-state index < -0.39 is 5.97 Å². The van der Waals surface area contributed by atoms with E-state index in [0.29, 0.717) is 21.6 Å². The first-order chi connectivity index (χ1) is 14.5. The standard InChI is InChI=1S/C22H14BrN5O2/c23-18-19(12-5-7-13(8-6-12)22(29)30)27-21-16(11-26-28(21)20(18)24)15-9-14-3-1-2-4-17(14)25-10-15/h1-11H,24H2,(H,29,30). The summed E-state index contributed by atoms with van der Waals surface area (Å²) in [5, 5.41) is 14.6. The van der Waals surface area contributed by atoms with Crippen molar-refractivity contribution in [1.29, 1.82) is 0 Å². The van der Waals surface area contributed by atoms with Crippen LogP contribution in [0.15, 0.2) is 71.5 Å². The Morgan fingerprint density at radius 3 is 2.57 bits per heavy atom. The number of carboxylic acids is 1. The summed E-state index contributed by atoms with van der Waals surface area (Å²) in [6.07, 6.45) is 3.51. The van der Waals surface area contributed by atoms with E-state index in [1.165, 1.54) is 12.1 Å². The van der Waals surface area contributed by atoms with E-state index in [2.05, 4.69) is 26.0 Å². The average Bonchev–Trinajstić information content (AvgIpc) is 3.20. The molecule has 0 aliphatic carbocycles. The zero-order valence-electron chi connectivity index (χ0n) is 15.5. The van der Waals surface area contributed by atoms with Crippen LogP contribution in [0, 0.1) is 0 Å². The van der Waals surface area contributed by atoms with Crippen molar-refractivity contribution < 1.29 is 9.90 Å². The Bertz CT molecular complexity index is 1440. The number of pyridine rings is 1. The Kier molecular flexibility index (Phi) is 4.22. The molecule has 8 heteroatoms. The molecule has 30 heavy (non-hydrogen) atoms. The summed E-state index contributed by atoms with van der Waals surface area (Å²) in [4.78, 5) is 20.5. The third kappa shape index (κ3) is 2.89. The number of anilines is 1. The molecule has 0 fully saturated rings. The van der Waals surface area contributed by atoms with E-state index in [0.717, 1.165) is 27.6 Å². The molecule has 0 bridgehead atoms. The fourth-order valence-corrected chi connectivity index (χ4v) is 3.86. The number of para-hydroxylation sites is 1. The van der Waals surface area contributed by atoms with E-state index in [1.54, 1.807) is 29.0 Å². The molecule has 5 aromatic rings. The summed E-state index contributed by atoms with van der Waals surface area (Å²) in [5.74, 6) is -0.581. The molecule has 5 rings (SSSR count). The number of carbonyl (C=O) groups is 1. The molecule has 0 unspecified atom stereocenters. The van der Waals surface area contributed by atoms with Crippen LogP contribution in [0.25, 0.3) is 38.9 Å². The fourth-order valence-electron chi connectivity index (χ4n) is 3.38. The van der Waals surface area contributed by atoms with Gasteiger partial charge in [0.15, 0.2) is 5.65 Å². The number of nitrogen functional groups attached to an aromatic ring is 1.